The van der Waals surface area contributed by atoms with Gasteiger partial charge in [-0.15, -0.1) is 0 Å². The van der Waals surface area contributed by atoms with Gasteiger partial charge < -0.3 is 15.4 Å². The van der Waals surface area contributed by atoms with Crippen LogP contribution in [0.15, 0.2) is 42.5 Å². The van der Waals surface area contributed by atoms with E-state index in [2.05, 4.69) is 10.6 Å². The van der Waals surface area contributed by atoms with E-state index in [9.17, 15) is 9.59 Å². The van der Waals surface area contributed by atoms with Crippen molar-refractivity contribution in [2.45, 2.75) is 12.8 Å². The second kappa shape index (κ2) is 9.30. The molecule has 2 amide bonds. The van der Waals surface area contributed by atoms with Crippen LogP contribution in [0.4, 0.5) is 5.69 Å². The molecule has 2 aromatic carbocycles. The third kappa shape index (κ3) is 5.66. The van der Waals surface area contributed by atoms with Gasteiger partial charge in [0.15, 0.2) is 0 Å². The van der Waals surface area contributed by atoms with Crippen LogP contribution in [-0.4, -0.2) is 25.5 Å². The van der Waals surface area contributed by atoms with E-state index in [1.165, 1.54) is 0 Å². The molecule has 5 nitrogen and oxygen atoms in total. The first kappa shape index (κ1) is 19.1. The van der Waals surface area contributed by atoms with Crippen molar-refractivity contribution >= 4 is 40.7 Å². The number of carbonyl (C=O) groups is 2. The molecule has 0 radical (unpaired) electrons. The summed E-state index contributed by atoms with van der Waals surface area (Å²) in [5.74, 6) is -0.0942. The van der Waals surface area contributed by atoms with E-state index in [1.807, 2.05) is 24.3 Å². The van der Waals surface area contributed by atoms with E-state index in [4.69, 9.17) is 27.9 Å². The number of carbonyl (C=O) groups excluding carboxylic acids is 2. The number of halogens is 2. The number of hydrogen-bond donors (Lipinski definition) is 2. The molecule has 0 fully saturated rings. The van der Waals surface area contributed by atoms with Crippen LogP contribution >= 0.6 is 23.2 Å². The number of hydrogen-bond acceptors (Lipinski definition) is 3. The van der Waals surface area contributed by atoms with E-state index in [1.54, 1.807) is 25.3 Å². The van der Waals surface area contributed by atoms with Gasteiger partial charge in [-0.3, -0.25) is 9.59 Å². The van der Waals surface area contributed by atoms with Crippen LogP contribution in [0, 0.1) is 0 Å². The van der Waals surface area contributed by atoms with Crippen molar-refractivity contribution in [3.8, 4) is 5.75 Å². The summed E-state index contributed by atoms with van der Waals surface area (Å²) in [6.07, 6.45) is 0.293. The molecule has 25 heavy (non-hydrogen) atoms. The molecule has 0 aliphatic rings. The zero-order valence-corrected chi connectivity index (χ0v) is 15.2. The van der Waals surface area contributed by atoms with Crippen molar-refractivity contribution in [2.24, 2.45) is 0 Å². The van der Waals surface area contributed by atoms with Crippen LogP contribution < -0.4 is 15.4 Å². The molecule has 2 rings (SSSR count). The van der Waals surface area contributed by atoms with Crippen molar-refractivity contribution in [3.05, 3.63) is 58.1 Å². The summed E-state index contributed by atoms with van der Waals surface area (Å²) >= 11 is 12.0. The Morgan fingerprint density at radius 1 is 1.00 bits per heavy atom. The fourth-order valence-electron chi connectivity index (χ4n) is 2.26. The second-order valence-corrected chi connectivity index (χ2v) is 6.05. The van der Waals surface area contributed by atoms with Gasteiger partial charge in [-0.25, -0.2) is 0 Å². The minimum atomic E-state index is -0.482. The van der Waals surface area contributed by atoms with Gasteiger partial charge in [0, 0.05) is 6.54 Å². The summed E-state index contributed by atoms with van der Waals surface area (Å²) in [6, 6.07) is 12.5. The Labute approximate surface area is 156 Å². The summed E-state index contributed by atoms with van der Waals surface area (Å²) in [7, 11) is 1.60. The minimum Gasteiger partial charge on any atom is -0.496 e. The van der Waals surface area contributed by atoms with Crippen LogP contribution in [-0.2, 0) is 16.0 Å². The standard InChI is InChI=1S/C18H18Cl2N2O3/c1-25-15-8-3-2-5-12(15)9-10-21-16(23)11-17(24)22-18-13(19)6-4-7-14(18)20/h2-8H,9-11H2,1H3,(H,21,23)(H,22,24). The number of amides is 2. The topological polar surface area (TPSA) is 67.4 Å². The predicted octanol–water partition coefficient (Wildman–Crippen LogP) is 3.69. The first-order valence-corrected chi connectivity index (χ1v) is 8.39. The lowest BCUT2D eigenvalue weighted by Crippen LogP contribution is -2.29. The maximum absolute atomic E-state index is 12.0. The molecule has 0 saturated carbocycles. The van der Waals surface area contributed by atoms with E-state index in [0.717, 1.165) is 11.3 Å². The third-order valence-electron chi connectivity index (χ3n) is 3.46. The van der Waals surface area contributed by atoms with Crippen LogP contribution in [0.3, 0.4) is 0 Å². The van der Waals surface area contributed by atoms with Crippen molar-refractivity contribution in [1.29, 1.82) is 0 Å². The molecule has 0 atom stereocenters. The van der Waals surface area contributed by atoms with Gasteiger partial charge in [0.1, 0.15) is 12.2 Å². The maximum Gasteiger partial charge on any atom is 0.233 e. The van der Waals surface area contributed by atoms with Gasteiger partial charge in [-0.05, 0) is 30.2 Å². The molecule has 0 aliphatic heterocycles. The van der Waals surface area contributed by atoms with E-state index >= 15 is 0 Å². The summed E-state index contributed by atoms with van der Waals surface area (Å²) in [5.41, 5.74) is 1.29. The lowest BCUT2D eigenvalue weighted by atomic mass is 10.1. The second-order valence-electron chi connectivity index (χ2n) is 5.23. The lowest BCUT2D eigenvalue weighted by Gasteiger charge is -2.10. The molecule has 0 aromatic heterocycles. The quantitative estimate of drug-likeness (QED) is 0.719. The first-order chi connectivity index (χ1) is 12.0. The molecular weight excluding hydrogens is 363 g/mol. The maximum atomic E-state index is 12.0. The van der Waals surface area contributed by atoms with Gasteiger partial charge in [0.2, 0.25) is 11.8 Å². The molecule has 0 unspecified atom stereocenters. The fourth-order valence-corrected chi connectivity index (χ4v) is 2.75. The highest BCUT2D eigenvalue weighted by atomic mass is 35.5. The Kier molecular flexibility index (Phi) is 7.10. The average Bonchev–Trinajstić information content (AvgIpc) is 2.58. The molecule has 0 spiro atoms. The molecule has 0 heterocycles. The average molecular weight is 381 g/mol. The third-order valence-corrected chi connectivity index (χ3v) is 4.09. The minimum absolute atomic E-state index is 0.303. The molecule has 0 bridgehead atoms. The van der Waals surface area contributed by atoms with Gasteiger partial charge in [0.25, 0.3) is 0 Å². The number of methoxy groups -OCH3 is 1. The molecule has 132 valence electrons. The zero-order chi connectivity index (χ0) is 18.2. The van der Waals surface area contributed by atoms with Crippen LogP contribution in [0.5, 0.6) is 5.75 Å². The zero-order valence-electron chi connectivity index (χ0n) is 13.6. The Balaban J connectivity index is 1.81. The summed E-state index contributed by atoms with van der Waals surface area (Å²) in [5, 5.41) is 5.89. The number of benzene rings is 2. The highest BCUT2D eigenvalue weighted by Gasteiger charge is 2.13. The Morgan fingerprint density at radius 2 is 1.68 bits per heavy atom. The SMILES string of the molecule is COc1ccccc1CCNC(=O)CC(=O)Nc1c(Cl)cccc1Cl. The number of ether oxygens (including phenoxy) is 1. The predicted molar refractivity (Wildman–Crippen MR) is 99.4 cm³/mol. The normalized spacial score (nSPS) is 10.2. The smallest absolute Gasteiger partial charge is 0.233 e. The van der Waals surface area contributed by atoms with Crippen molar-refractivity contribution < 1.29 is 14.3 Å². The fraction of sp³-hybridized carbons (Fsp3) is 0.222. The van der Waals surface area contributed by atoms with Gasteiger partial charge in [-0.2, -0.15) is 0 Å². The highest BCUT2D eigenvalue weighted by molar-refractivity contribution is 6.39. The Morgan fingerprint density at radius 3 is 2.36 bits per heavy atom. The van der Waals surface area contributed by atoms with Crippen LogP contribution in [0.2, 0.25) is 10.0 Å². The van der Waals surface area contributed by atoms with E-state index in [0.29, 0.717) is 28.7 Å². The first-order valence-electron chi connectivity index (χ1n) is 7.63. The summed E-state index contributed by atoms with van der Waals surface area (Å²) < 4.78 is 5.25. The van der Waals surface area contributed by atoms with Crippen molar-refractivity contribution in [3.63, 3.8) is 0 Å². The molecule has 7 heteroatoms. The van der Waals surface area contributed by atoms with Crippen molar-refractivity contribution in [1.82, 2.24) is 5.32 Å². The van der Waals surface area contributed by atoms with Crippen LogP contribution in [0.25, 0.3) is 0 Å². The van der Waals surface area contributed by atoms with E-state index < -0.39 is 5.91 Å². The monoisotopic (exact) mass is 380 g/mol. The number of anilines is 1. The summed E-state index contributed by atoms with van der Waals surface area (Å²) in [4.78, 5) is 23.8. The summed E-state index contributed by atoms with van der Waals surface area (Å²) in [6.45, 7) is 0.402. The largest absolute Gasteiger partial charge is 0.496 e. The number of nitrogens with one attached hydrogen (secondary N) is 2. The van der Waals surface area contributed by atoms with Crippen LogP contribution in [0.1, 0.15) is 12.0 Å². The Bertz CT molecular complexity index is 745. The molecular formula is C18H18Cl2N2O3. The van der Waals surface area contributed by atoms with Gasteiger partial charge in [-0.1, -0.05) is 47.5 Å². The molecule has 0 saturated heterocycles. The van der Waals surface area contributed by atoms with Crippen molar-refractivity contribution in [2.75, 3.05) is 19.0 Å². The molecule has 2 N–H and O–H groups in total. The lowest BCUT2D eigenvalue weighted by molar-refractivity contribution is -0.126. The number of rotatable bonds is 7. The number of para-hydroxylation sites is 2. The van der Waals surface area contributed by atoms with Gasteiger partial charge in [0.05, 0.1) is 22.8 Å². The molecule has 0 aliphatic carbocycles. The Hall–Kier alpha value is -2.24. The van der Waals surface area contributed by atoms with Gasteiger partial charge >= 0.3 is 0 Å². The van der Waals surface area contributed by atoms with E-state index in [-0.39, 0.29) is 12.3 Å². The molecule has 2 aromatic rings. The highest BCUT2D eigenvalue weighted by Crippen LogP contribution is 2.29.